The first-order chi connectivity index (χ1) is 15.2. The van der Waals surface area contributed by atoms with Crippen molar-refractivity contribution in [2.45, 2.75) is 64.1 Å². The van der Waals surface area contributed by atoms with Crippen LogP contribution in [0, 0.1) is 0 Å². The van der Waals surface area contributed by atoms with Gasteiger partial charge < -0.3 is 14.5 Å². The van der Waals surface area contributed by atoms with Gasteiger partial charge in [-0.2, -0.15) is 0 Å². The topological polar surface area (TPSA) is 91.2 Å². The van der Waals surface area contributed by atoms with E-state index in [1.54, 1.807) is 18.5 Å². The zero-order valence-electron chi connectivity index (χ0n) is 19.3. The van der Waals surface area contributed by atoms with E-state index in [1.165, 1.54) is 6.33 Å². The van der Waals surface area contributed by atoms with Gasteiger partial charge in [-0.3, -0.25) is 9.36 Å². The van der Waals surface area contributed by atoms with Gasteiger partial charge in [0.1, 0.15) is 12.6 Å². The van der Waals surface area contributed by atoms with Gasteiger partial charge in [-0.15, -0.1) is 0 Å². The predicted molar refractivity (Wildman–Crippen MR) is 126 cm³/mol. The number of hydrogen-bond acceptors (Lipinski definition) is 6. The summed E-state index contributed by atoms with van der Waals surface area (Å²) in [5.41, 5.74) is 1.74. The number of nitrogens with one attached hydrogen (secondary N) is 1. The monoisotopic (exact) mass is 453 g/mol. The van der Waals surface area contributed by atoms with Gasteiger partial charge in [0.25, 0.3) is 5.91 Å². The molecule has 4 rings (SSSR count). The second-order valence-corrected chi connectivity index (χ2v) is 14.5. The number of hydrogen-bond donors (Lipinski definition) is 1. The summed E-state index contributed by atoms with van der Waals surface area (Å²) in [4.78, 5) is 25.7. The van der Waals surface area contributed by atoms with Crippen LogP contribution in [0.2, 0.25) is 18.1 Å². The van der Waals surface area contributed by atoms with E-state index >= 15 is 0 Å². The van der Waals surface area contributed by atoms with Crippen molar-refractivity contribution < 1.29 is 14.0 Å². The van der Waals surface area contributed by atoms with Gasteiger partial charge in [0.05, 0.1) is 19.0 Å². The zero-order chi connectivity index (χ0) is 22.9. The molecule has 3 heterocycles. The van der Waals surface area contributed by atoms with E-state index in [-0.39, 0.29) is 23.3 Å². The van der Waals surface area contributed by atoms with Crippen molar-refractivity contribution in [2.24, 2.45) is 0 Å². The molecule has 0 bridgehead atoms. The first-order valence-electron chi connectivity index (χ1n) is 11.0. The lowest BCUT2D eigenvalue weighted by molar-refractivity contribution is -0.0182. The molecular weight excluding hydrogens is 422 g/mol. The Labute approximate surface area is 189 Å². The molecule has 0 radical (unpaired) electrons. The molecular formula is C23H31N5O3Si. The second-order valence-electron chi connectivity index (χ2n) is 9.73. The Hall–Kier alpha value is -2.62. The van der Waals surface area contributed by atoms with Crippen molar-refractivity contribution >= 4 is 31.2 Å². The molecule has 1 amide bonds. The molecule has 1 saturated heterocycles. The molecule has 1 aliphatic heterocycles. The summed E-state index contributed by atoms with van der Waals surface area (Å²) < 4.78 is 14.6. The fraction of sp³-hybridized carbons (Fsp3) is 0.478. The first-order valence-corrected chi connectivity index (χ1v) is 13.9. The van der Waals surface area contributed by atoms with Gasteiger partial charge in [0, 0.05) is 5.56 Å². The molecule has 1 aliphatic rings. The molecule has 9 heteroatoms. The molecule has 32 heavy (non-hydrogen) atoms. The molecule has 2 atom stereocenters. The molecule has 170 valence electrons. The van der Waals surface area contributed by atoms with Crippen LogP contribution in [0.15, 0.2) is 43.0 Å². The zero-order valence-corrected chi connectivity index (χ0v) is 20.3. The third-order valence-corrected chi connectivity index (χ3v) is 11.0. The van der Waals surface area contributed by atoms with Gasteiger partial charge in [0.2, 0.25) is 0 Å². The van der Waals surface area contributed by atoms with Gasteiger partial charge >= 0.3 is 0 Å². The maximum absolute atomic E-state index is 12.5. The molecule has 8 nitrogen and oxygen atoms in total. The van der Waals surface area contributed by atoms with Crippen LogP contribution in [0.25, 0.3) is 11.2 Å². The van der Waals surface area contributed by atoms with E-state index in [2.05, 4.69) is 54.1 Å². The molecule has 1 N–H and O–H groups in total. The highest BCUT2D eigenvalue weighted by Gasteiger charge is 2.38. The standard InChI is InChI=1S/C23H31N5O3Si/c1-23(2,3)32(4,5)30-13-17-11-12-18(31-17)28-15-26-19-20(24-14-25-21(19)28)27-22(29)16-9-7-6-8-10-16/h6-10,14-15,17-18H,11-13H2,1-5H3,(H,24,25,27,29)/t17-,18+/m0/s1. The van der Waals surface area contributed by atoms with Crippen LogP contribution in [-0.2, 0) is 9.16 Å². The largest absolute Gasteiger partial charge is 0.414 e. The number of carbonyl (C=O) groups excluding carboxylic acids is 1. The van der Waals surface area contributed by atoms with Crippen molar-refractivity contribution in [2.75, 3.05) is 11.9 Å². The number of nitrogens with zero attached hydrogens (tertiary/aromatic N) is 4. The minimum absolute atomic E-state index is 0.0469. The third kappa shape index (κ3) is 4.60. The van der Waals surface area contributed by atoms with Crippen LogP contribution < -0.4 is 5.32 Å². The van der Waals surface area contributed by atoms with E-state index in [0.717, 1.165) is 12.8 Å². The minimum atomic E-state index is -1.82. The molecule has 1 aromatic carbocycles. The van der Waals surface area contributed by atoms with Crippen LogP contribution >= 0.6 is 0 Å². The maximum atomic E-state index is 12.5. The Morgan fingerprint density at radius 2 is 1.94 bits per heavy atom. The molecule has 2 aromatic heterocycles. The van der Waals surface area contributed by atoms with Gasteiger partial charge in [-0.25, -0.2) is 15.0 Å². The summed E-state index contributed by atoms with van der Waals surface area (Å²) in [6.07, 6.45) is 4.80. The molecule has 0 saturated carbocycles. The second kappa shape index (κ2) is 8.72. The summed E-state index contributed by atoms with van der Waals surface area (Å²) in [6.45, 7) is 11.8. The number of carbonyl (C=O) groups is 1. The SMILES string of the molecule is CC(C)(C)[Si](C)(C)OC[C@@H]1CC[C@H](n2cnc3c(NC(=O)c4ccccc4)ncnc32)O1. The maximum Gasteiger partial charge on any atom is 0.256 e. The molecule has 0 aliphatic carbocycles. The highest BCUT2D eigenvalue weighted by Crippen LogP contribution is 2.38. The summed E-state index contributed by atoms with van der Waals surface area (Å²) in [5, 5.41) is 3.01. The molecule has 0 unspecified atom stereocenters. The normalized spacial score (nSPS) is 19.4. The Morgan fingerprint density at radius 3 is 2.66 bits per heavy atom. The molecule has 0 spiro atoms. The molecule has 1 fully saturated rings. The van der Waals surface area contributed by atoms with E-state index in [0.29, 0.717) is 29.2 Å². The predicted octanol–water partition coefficient (Wildman–Crippen LogP) is 4.78. The highest BCUT2D eigenvalue weighted by atomic mass is 28.4. The average molecular weight is 454 g/mol. The number of fused-ring (bicyclic) bond motifs is 1. The van der Waals surface area contributed by atoms with Crippen molar-refractivity contribution in [3.05, 3.63) is 48.5 Å². The van der Waals surface area contributed by atoms with E-state index < -0.39 is 8.32 Å². The van der Waals surface area contributed by atoms with Gasteiger partial charge in [-0.05, 0) is 43.1 Å². The number of amides is 1. The summed E-state index contributed by atoms with van der Waals surface area (Å²) in [7, 11) is -1.82. The van der Waals surface area contributed by atoms with E-state index in [9.17, 15) is 4.79 Å². The highest BCUT2D eigenvalue weighted by molar-refractivity contribution is 6.74. The number of anilines is 1. The Bertz CT molecular complexity index is 1090. The van der Waals surface area contributed by atoms with Crippen LogP contribution in [0.5, 0.6) is 0 Å². The summed E-state index contributed by atoms with van der Waals surface area (Å²) in [6, 6.07) is 9.02. The Kier molecular flexibility index (Phi) is 6.15. The first kappa shape index (κ1) is 22.6. The summed E-state index contributed by atoms with van der Waals surface area (Å²) >= 11 is 0. The number of benzene rings is 1. The van der Waals surface area contributed by atoms with Crippen molar-refractivity contribution in [3.8, 4) is 0 Å². The smallest absolute Gasteiger partial charge is 0.256 e. The third-order valence-electron chi connectivity index (χ3n) is 6.46. The summed E-state index contributed by atoms with van der Waals surface area (Å²) in [5.74, 6) is 0.151. The number of rotatable bonds is 6. The lowest BCUT2D eigenvalue weighted by Gasteiger charge is -2.36. The van der Waals surface area contributed by atoms with Gasteiger partial charge in [0.15, 0.2) is 25.3 Å². The van der Waals surface area contributed by atoms with Crippen LogP contribution in [0.3, 0.4) is 0 Å². The van der Waals surface area contributed by atoms with Crippen molar-refractivity contribution in [3.63, 3.8) is 0 Å². The van der Waals surface area contributed by atoms with Crippen LogP contribution in [-0.4, -0.2) is 46.5 Å². The number of imidazole rings is 1. The fourth-order valence-corrected chi connectivity index (χ4v) is 4.49. The lowest BCUT2D eigenvalue weighted by Crippen LogP contribution is -2.42. The number of aromatic nitrogens is 4. The van der Waals surface area contributed by atoms with E-state index in [4.69, 9.17) is 9.16 Å². The van der Waals surface area contributed by atoms with Crippen molar-refractivity contribution in [1.29, 1.82) is 0 Å². The van der Waals surface area contributed by atoms with Crippen molar-refractivity contribution in [1.82, 2.24) is 19.5 Å². The van der Waals surface area contributed by atoms with Gasteiger partial charge in [-0.1, -0.05) is 39.0 Å². The molecule has 3 aromatic rings. The van der Waals surface area contributed by atoms with Crippen LogP contribution in [0.4, 0.5) is 5.82 Å². The average Bonchev–Trinajstić information content (AvgIpc) is 3.39. The minimum Gasteiger partial charge on any atom is -0.414 e. The quantitative estimate of drug-likeness (QED) is 0.540. The van der Waals surface area contributed by atoms with E-state index in [1.807, 2.05) is 22.8 Å². The fourth-order valence-electron chi connectivity index (χ4n) is 3.46. The Morgan fingerprint density at radius 1 is 1.19 bits per heavy atom. The Balaban J connectivity index is 1.46. The lowest BCUT2D eigenvalue weighted by atomic mass is 10.2. The van der Waals surface area contributed by atoms with Crippen LogP contribution in [0.1, 0.15) is 50.2 Å². The number of ether oxygens (including phenoxy) is 1.